The van der Waals surface area contributed by atoms with Crippen LogP contribution in [0.25, 0.3) is 15.6 Å². The minimum absolute atomic E-state index is 0.425. The fourth-order valence-corrected chi connectivity index (χ4v) is 2.81. The second-order valence-corrected chi connectivity index (χ2v) is 4.83. The zero-order valence-corrected chi connectivity index (χ0v) is 10.3. The summed E-state index contributed by atoms with van der Waals surface area (Å²) in [5.41, 5.74) is 3.37. The van der Waals surface area contributed by atoms with Crippen LogP contribution in [0.15, 0.2) is 18.3 Å². The van der Waals surface area contributed by atoms with E-state index >= 15 is 0 Å². The molecule has 3 aromatic heterocycles. The second kappa shape index (κ2) is 3.66. The number of hydrogen-bond acceptors (Lipinski definition) is 4. The van der Waals surface area contributed by atoms with Crippen molar-refractivity contribution in [1.82, 2.24) is 19.5 Å². The van der Waals surface area contributed by atoms with Gasteiger partial charge < -0.3 is 0 Å². The van der Waals surface area contributed by atoms with Gasteiger partial charge in [-0.05, 0) is 26.0 Å². The fraction of sp³-hybridized carbons (Fsp3) is 0.182. The molecule has 17 heavy (non-hydrogen) atoms. The molecule has 0 fully saturated rings. The molecular weight excluding hydrogens is 231 g/mol. The van der Waals surface area contributed by atoms with Crippen molar-refractivity contribution in [3.63, 3.8) is 0 Å². The standard InChI is InChI=1S/C11H9BN4S/c1-6-3-4-7(2)16(6)11-15-9-10(17-11)14-8(12)5-13-9/h3-5H,1-2H3. The Labute approximate surface area is 104 Å². The quantitative estimate of drug-likeness (QED) is 0.602. The van der Waals surface area contributed by atoms with Crippen LogP contribution in [0.4, 0.5) is 0 Å². The Morgan fingerprint density at radius 3 is 2.59 bits per heavy atom. The van der Waals surface area contributed by atoms with Crippen LogP contribution in [-0.2, 0) is 0 Å². The zero-order chi connectivity index (χ0) is 12.0. The van der Waals surface area contributed by atoms with E-state index in [1.54, 1.807) is 0 Å². The predicted octanol–water partition coefficient (Wildman–Crippen LogP) is 1.29. The largest absolute Gasteiger partial charge is 0.295 e. The van der Waals surface area contributed by atoms with E-state index in [4.69, 9.17) is 7.85 Å². The molecule has 2 radical (unpaired) electrons. The highest BCUT2D eigenvalue weighted by atomic mass is 32.1. The molecule has 0 atom stereocenters. The highest BCUT2D eigenvalue weighted by Crippen LogP contribution is 2.24. The molecule has 0 aliphatic rings. The molecule has 3 heterocycles. The van der Waals surface area contributed by atoms with Crippen LogP contribution in [-0.4, -0.2) is 27.4 Å². The average Bonchev–Trinajstić information content (AvgIpc) is 2.81. The molecule has 82 valence electrons. The number of hydrogen-bond donors (Lipinski definition) is 0. The van der Waals surface area contributed by atoms with Gasteiger partial charge in [0.15, 0.2) is 15.6 Å². The summed E-state index contributed by atoms with van der Waals surface area (Å²) in [6.07, 6.45) is 1.53. The Morgan fingerprint density at radius 1 is 1.18 bits per heavy atom. The van der Waals surface area contributed by atoms with E-state index in [0.717, 1.165) is 21.3 Å². The monoisotopic (exact) mass is 240 g/mol. The molecule has 4 nitrogen and oxygen atoms in total. The predicted molar refractivity (Wildman–Crippen MR) is 69.4 cm³/mol. The van der Waals surface area contributed by atoms with Crippen molar-refractivity contribution in [2.45, 2.75) is 13.8 Å². The lowest BCUT2D eigenvalue weighted by Crippen LogP contribution is -2.07. The number of fused-ring (bicyclic) bond motifs is 1. The van der Waals surface area contributed by atoms with E-state index in [0.29, 0.717) is 11.2 Å². The molecule has 0 unspecified atom stereocenters. The first-order valence-corrected chi connectivity index (χ1v) is 6.01. The average molecular weight is 240 g/mol. The van der Waals surface area contributed by atoms with Crippen LogP contribution >= 0.6 is 11.3 Å². The van der Waals surface area contributed by atoms with Gasteiger partial charge in [0, 0.05) is 23.2 Å². The first-order valence-electron chi connectivity index (χ1n) is 5.19. The minimum Gasteiger partial charge on any atom is -0.295 e. The van der Waals surface area contributed by atoms with Gasteiger partial charge in [-0.25, -0.2) is 9.97 Å². The van der Waals surface area contributed by atoms with Crippen molar-refractivity contribution in [3.8, 4) is 5.13 Å². The van der Waals surface area contributed by atoms with Gasteiger partial charge in [0.25, 0.3) is 0 Å². The molecule has 0 saturated heterocycles. The first kappa shape index (κ1) is 10.5. The molecule has 6 heteroatoms. The Balaban J connectivity index is 2.25. The smallest absolute Gasteiger partial charge is 0.198 e. The molecule has 3 aromatic rings. The number of nitrogens with zero attached hydrogens (tertiary/aromatic N) is 4. The lowest BCUT2D eigenvalue weighted by Gasteiger charge is -2.02. The maximum atomic E-state index is 5.61. The van der Waals surface area contributed by atoms with Gasteiger partial charge in [-0.2, -0.15) is 4.98 Å². The lowest BCUT2D eigenvalue weighted by atomic mass is 10.1. The maximum absolute atomic E-state index is 5.61. The number of rotatable bonds is 1. The molecule has 0 bridgehead atoms. The van der Waals surface area contributed by atoms with Crippen molar-refractivity contribution in [3.05, 3.63) is 29.7 Å². The van der Waals surface area contributed by atoms with Crippen LogP contribution in [0, 0.1) is 13.8 Å². The van der Waals surface area contributed by atoms with Gasteiger partial charge in [0.2, 0.25) is 0 Å². The molecule has 0 amide bonds. The minimum atomic E-state index is 0.425. The summed E-state index contributed by atoms with van der Waals surface area (Å²) >= 11 is 1.50. The summed E-state index contributed by atoms with van der Waals surface area (Å²) in [6, 6.07) is 4.13. The molecular formula is C11H9BN4S. The number of aromatic nitrogens is 4. The van der Waals surface area contributed by atoms with Crippen molar-refractivity contribution in [2.75, 3.05) is 0 Å². The van der Waals surface area contributed by atoms with Crippen molar-refractivity contribution in [2.24, 2.45) is 0 Å². The van der Waals surface area contributed by atoms with E-state index in [2.05, 4.69) is 31.7 Å². The zero-order valence-electron chi connectivity index (χ0n) is 9.51. The molecule has 0 saturated carbocycles. The van der Waals surface area contributed by atoms with Crippen LogP contribution in [0.3, 0.4) is 0 Å². The van der Waals surface area contributed by atoms with Gasteiger partial charge in [-0.15, -0.1) is 0 Å². The number of thiazole rings is 1. The normalized spacial score (nSPS) is 11.2. The van der Waals surface area contributed by atoms with E-state index < -0.39 is 0 Å². The van der Waals surface area contributed by atoms with Gasteiger partial charge >= 0.3 is 0 Å². The van der Waals surface area contributed by atoms with E-state index in [9.17, 15) is 0 Å². The molecule has 0 aromatic carbocycles. The van der Waals surface area contributed by atoms with Crippen LogP contribution in [0.1, 0.15) is 11.4 Å². The summed E-state index contributed by atoms with van der Waals surface area (Å²) in [7, 11) is 5.61. The third-order valence-corrected chi connectivity index (χ3v) is 3.52. The van der Waals surface area contributed by atoms with Crippen LogP contribution < -0.4 is 5.59 Å². The topological polar surface area (TPSA) is 43.6 Å². The summed E-state index contributed by atoms with van der Waals surface area (Å²) in [5, 5.41) is 0.880. The summed E-state index contributed by atoms with van der Waals surface area (Å²) < 4.78 is 2.09. The molecule has 0 N–H and O–H groups in total. The van der Waals surface area contributed by atoms with Crippen LogP contribution in [0.5, 0.6) is 0 Å². The van der Waals surface area contributed by atoms with Crippen molar-refractivity contribution < 1.29 is 0 Å². The Kier molecular flexibility index (Phi) is 2.26. The Hall–Kier alpha value is -1.69. The maximum Gasteiger partial charge on any atom is 0.198 e. The summed E-state index contributed by atoms with van der Waals surface area (Å²) in [5.74, 6) is 0. The van der Waals surface area contributed by atoms with E-state index in [1.165, 1.54) is 17.5 Å². The lowest BCUT2D eigenvalue weighted by molar-refractivity contribution is 0.953. The molecule has 0 aliphatic carbocycles. The van der Waals surface area contributed by atoms with E-state index in [1.807, 2.05) is 13.8 Å². The third kappa shape index (κ3) is 1.65. The fourth-order valence-electron chi connectivity index (χ4n) is 1.79. The SMILES string of the molecule is [B]c1cnc2nc(-n3c(C)ccc3C)sc2n1. The Morgan fingerprint density at radius 2 is 1.88 bits per heavy atom. The van der Waals surface area contributed by atoms with Gasteiger partial charge in [-0.1, -0.05) is 11.3 Å². The van der Waals surface area contributed by atoms with Crippen molar-refractivity contribution in [1.29, 1.82) is 0 Å². The first-order chi connectivity index (χ1) is 8.15. The van der Waals surface area contributed by atoms with E-state index in [-0.39, 0.29) is 0 Å². The second-order valence-electron chi connectivity index (χ2n) is 3.87. The molecule has 3 rings (SSSR count). The van der Waals surface area contributed by atoms with Crippen molar-refractivity contribution >= 4 is 35.3 Å². The van der Waals surface area contributed by atoms with Gasteiger partial charge in [-0.3, -0.25) is 4.57 Å². The molecule has 0 aliphatic heterocycles. The van der Waals surface area contributed by atoms with Gasteiger partial charge in [0.05, 0.1) is 0 Å². The number of aryl methyl sites for hydroxylation is 2. The Bertz CT molecular complexity index is 681. The summed E-state index contributed by atoms with van der Waals surface area (Å²) in [6.45, 7) is 4.10. The highest BCUT2D eigenvalue weighted by molar-refractivity contribution is 7.20. The van der Waals surface area contributed by atoms with Gasteiger partial charge in [0.1, 0.15) is 7.85 Å². The highest BCUT2D eigenvalue weighted by Gasteiger charge is 2.11. The summed E-state index contributed by atoms with van der Waals surface area (Å²) in [4.78, 5) is 13.6. The van der Waals surface area contributed by atoms with Crippen LogP contribution in [0.2, 0.25) is 0 Å². The molecule has 0 spiro atoms. The third-order valence-electron chi connectivity index (χ3n) is 2.59.